The maximum atomic E-state index is 12.1. The summed E-state index contributed by atoms with van der Waals surface area (Å²) < 4.78 is 5.47. The molecule has 90 valence electrons. The number of morpholine rings is 1. The van der Waals surface area contributed by atoms with Gasteiger partial charge < -0.3 is 15.0 Å². The number of hydrogen-bond donors (Lipinski definition) is 1. The number of likely N-dealkylation sites (tertiary alicyclic amines) is 1. The number of hydrogen-bond acceptors (Lipinski definition) is 3. The van der Waals surface area contributed by atoms with Crippen molar-refractivity contribution in [1.29, 1.82) is 0 Å². The molecule has 0 saturated carbocycles. The number of ether oxygens (including phenoxy) is 1. The van der Waals surface area contributed by atoms with Crippen LogP contribution >= 0.6 is 0 Å². The van der Waals surface area contributed by atoms with Gasteiger partial charge in [0, 0.05) is 26.2 Å². The summed E-state index contributed by atoms with van der Waals surface area (Å²) in [5, 5.41) is 3.19. The zero-order chi connectivity index (χ0) is 11.4. The summed E-state index contributed by atoms with van der Waals surface area (Å²) in [6, 6.07) is 0. The summed E-state index contributed by atoms with van der Waals surface area (Å²) in [4.78, 5) is 14.0. The molecule has 1 N–H and O–H groups in total. The number of carbonyl (C=O) groups is 1. The van der Waals surface area contributed by atoms with E-state index in [0.29, 0.717) is 19.1 Å². The van der Waals surface area contributed by atoms with Gasteiger partial charge in [-0.1, -0.05) is 6.08 Å². The number of carbonyl (C=O) groups excluding carboxylic acids is 1. The predicted molar refractivity (Wildman–Crippen MR) is 62.1 cm³/mol. The molecule has 1 unspecified atom stereocenters. The Morgan fingerprint density at radius 3 is 2.75 bits per heavy atom. The van der Waals surface area contributed by atoms with Crippen LogP contribution in [0.2, 0.25) is 0 Å². The van der Waals surface area contributed by atoms with Crippen LogP contribution in [0.4, 0.5) is 0 Å². The molecular formula is C12H20N2O2. The quantitative estimate of drug-likeness (QED) is 0.690. The fraction of sp³-hybridized carbons (Fsp3) is 0.750. The minimum atomic E-state index is -0.269. The van der Waals surface area contributed by atoms with E-state index in [1.807, 2.05) is 11.0 Å². The molecule has 2 fully saturated rings. The number of allylic oxidation sites excluding steroid dienone is 1. The van der Waals surface area contributed by atoms with Crippen molar-refractivity contribution in [3.63, 3.8) is 0 Å². The third kappa shape index (κ3) is 2.62. The van der Waals surface area contributed by atoms with Crippen LogP contribution in [0.5, 0.6) is 0 Å². The van der Waals surface area contributed by atoms with E-state index in [1.165, 1.54) is 0 Å². The van der Waals surface area contributed by atoms with Gasteiger partial charge in [-0.15, -0.1) is 6.58 Å². The monoisotopic (exact) mass is 224 g/mol. The van der Waals surface area contributed by atoms with Crippen LogP contribution < -0.4 is 5.32 Å². The Labute approximate surface area is 96.6 Å². The molecule has 0 bridgehead atoms. The molecule has 0 aromatic carbocycles. The Hall–Kier alpha value is -0.870. The molecule has 4 heteroatoms. The first kappa shape index (κ1) is 11.6. The van der Waals surface area contributed by atoms with Crippen molar-refractivity contribution in [3.05, 3.63) is 12.7 Å². The molecule has 0 aromatic heterocycles. The smallest absolute Gasteiger partial charge is 0.253 e. The number of nitrogens with zero attached hydrogens (tertiary/aromatic N) is 1. The van der Waals surface area contributed by atoms with Crippen molar-refractivity contribution >= 4 is 5.91 Å². The van der Waals surface area contributed by atoms with Gasteiger partial charge in [0.1, 0.15) is 6.10 Å². The molecule has 2 aliphatic rings. The van der Waals surface area contributed by atoms with Crippen molar-refractivity contribution in [2.45, 2.75) is 18.9 Å². The van der Waals surface area contributed by atoms with Gasteiger partial charge in [-0.3, -0.25) is 4.79 Å². The molecule has 1 amide bonds. The molecule has 0 aromatic rings. The van der Waals surface area contributed by atoms with Gasteiger partial charge in [0.2, 0.25) is 0 Å². The van der Waals surface area contributed by atoms with Crippen molar-refractivity contribution < 1.29 is 9.53 Å². The Bertz CT molecular complexity index is 254. The number of nitrogens with one attached hydrogen (secondary N) is 1. The molecule has 2 aliphatic heterocycles. The van der Waals surface area contributed by atoms with E-state index >= 15 is 0 Å². The summed E-state index contributed by atoms with van der Waals surface area (Å²) in [5.41, 5.74) is 0. The van der Waals surface area contributed by atoms with E-state index in [0.717, 1.165) is 32.5 Å². The first-order chi connectivity index (χ1) is 7.81. The van der Waals surface area contributed by atoms with Crippen LogP contribution in [0.3, 0.4) is 0 Å². The molecule has 1 atom stereocenters. The molecule has 2 saturated heterocycles. The molecule has 2 heterocycles. The highest BCUT2D eigenvalue weighted by molar-refractivity contribution is 5.81. The van der Waals surface area contributed by atoms with Crippen molar-refractivity contribution in [3.8, 4) is 0 Å². The third-order valence-corrected chi connectivity index (χ3v) is 3.39. The third-order valence-electron chi connectivity index (χ3n) is 3.39. The van der Waals surface area contributed by atoms with E-state index in [1.54, 1.807) is 0 Å². The standard InChI is InChI=1S/C12H20N2O2/c1-2-10-3-6-14(7-4-10)12(15)11-9-13-5-8-16-11/h2,10-11,13H,1,3-9H2. The number of piperidine rings is 1. The van der Waals surface area contributed by atoms with Gasteiger partial charge >= 0.3 is 0 Å². The first-order valence-electron chi connectivity index (χ1n) is 6.05. The second-order valence-electron chi connectivity index (χ2n) is 4.46. The van der Waals surface area contributed by atoms with Crippen LogP contribution in [0, 0.1) is 5.92 Å². The second kappa shape index (κ2) is 5.46. The maximum absolute atomic E-state index is 12.1. The summed E-state index contributed by atoms with van der Waals surface area (Å²) >= 11 is 0. The second-order valence-corrected chi connectivity index (χ2v) is 4.46. The van der Waals surface area contributed by atoms with E-state index in [9.17, 15) is 4.79 Å². The zero-order valence-electron chi connectivity index (χ0n) is 9.65. The Balaban J connectivity index is 1.83. The van der Waals surface area contributed by atoms with Gasteiger partial charge in [0.15, 0.2) is 0 Å². The molecular weight excluding hydrogens is 204 g/mol. The Kier molecular flexibility index (Phi) is 3.96. The average molecular weight is 224 g/mol. The van der Waals surface area contributed by atoms with Crippen molar-refractivity contribution in [2.24, 2.45) is 5.92 Å². The summed E-state index contributed by atoms with van der Waals surface area (Å²) in [7, 11) is 0. The average Bonchev–Trinajstić information content (AvgIpc) is 2.39. The summed E-state index contributed by atoms with van der Waals surface area (Å²) in [5.74, 6) is 0.726. The molecule has 0 radical (unpaired) electrons. The fourth-order valence-corrected chi connectivity index (χ4v) is 2.28. The largest absolute Gasteiger partial charge is 0.366 e. The molecule has 2 rings (SSSR count). The number of amides is 1. The van der Waals surface area contributed by atoms with Gasteiger partial charge in [0.05, 0.1) is 6.61 Å². The zero-order valence-corrected chi connectivity index (χ0v) is 9.65. The highest BCUT2D eigenvalue weighted by atomic mass is 16.5. The summed E-state index contributed by atoms with van der Waals surface area (Å²) in [6.45, 7) is 7.63. The van der Waals surface area contributed by atoms with Crippen LogP contribution in [0.15, 0.2) is 12.7 Å². The Morgan fingerprint density at radius 2 is 2.19 bits per heavy atom. The minimum absolute atomic E-state index is 0.148. The topological polar surface area (TPSA) is 41.6 Å². The number of rotatable bonds is 2. The van der Waals surface area contributed by atoms with E-state index in [2.05, 4.69) is 11.9 Å². The highest BCUT2D eigenvalue weighted by Crippen LogP contribution is 2.18. The molecule has 0 aliphatic carbocycles. The Morgan fingerprint density at radius 1 is 1.44 bits per heavy atom. The molecule has 16 heavy (non-hydrogen) atoms. The summed E-state index contributed by atoms with van der Waals surface area (Å²) in [6.07, 6.45) is 3.81. The fourth-order valence-electron chi connectivity index (χ4n) is 2.28. The highest BCUT2D eigenvalue weighted by Gasteiger charge is 2.29. The SMILES string of the molecule is C=CC1CCN(C(=O)C2CNCCO2)CC1. The van der Waals surface area contributed by atoms with Crippen LogP contribution in [-0.4, -0.2) is 49.7 Å². The maximum Gasteiger partial charge on any atom is 0.253 e. The van der Waals surface area contributed by atoms with Gasteiger partial charge in [-0.2, -0.15) is 0 Å². The lowest BCUT2D eigenvalue weighted by Gasteiger charge is -2.34. The predicted octanol–water partition coefficient (Wildman–Crippen LogP) is 0.399. The normalized spacial score (nSPS) is 27.8. The van der Waals surface area contributed by atoms with Crippen LogP contribution in [0.25, 0.3) is 0 Å². The van der Waals surface area contributed by atoms with Gasteiger partial charge in [-0.25, -0.2) is 0 Å². The van der Waals surface area contributed by atoms with Gasteiger partial charge in [-0.05, 0) is 18.8 Å². The lowest BCUT2D eigenvalue weighted by Crippen LogP contribution is -2.51. The van der Waals surface area contributed by atoms with E-state index in [-0.39, 0.29) is 12.0 Å². The van der Waals surface area contributed by atoms with Crippen molar-refractivity contribution in [1.82, 2.24) is 10.2 Å². The van der Waals surface area contributed by atoms with Crippen LogP contribution in [-0.2, 0) is 9.53 Å². The lowest BCUT2D eigenvalue weighted by molar-refractivity contribution is -0.146. The van der Waals surface area contributed by atoms with Crippen LogP contribution in [0.1, 0.15) is 12.8 Å². The first-order valence-corrected chi connectivity index (χ1v) is 6.05. The van der Waals surface area contributed by atoms with Crippen molar-refractivity contribution in [2.75, 3.05) is 32.8 Å². The molecule has 4 nitrogen and oxygen atoms in total. The van der Waals surface area contributed by atoms with E-state index in [4.69, 9.17) is 4.74 Å². The minimum Gasteiger partial charge on any atom is -0.366 e. The molecule has 0 spiro atoms. The van der Waals surface area contributed by atoms with Gasteiger partial charge in [0.25, 0.3) is 5.91 Å². The van der Waals surface area contributed by atoms with E-state index < -0.39 is 0 Å². The lowest BCUT2D eigenvalue weighted by atomic mass is 9.97.